The maximum absolute atomic E-state index is 12.6. The maximum Gasteiger partial charge on any atom is 0.303 e. The molecule has 0 fully saturated rings. The van der Waals surface area contributed by atoms with Gasteiger partial charge in [0, 0.05) is 58.5 Å². The average Bonchev–Trinajstić information content (AvgIpc) is 3.51. The van der Waals surface area contributed by atoms with Crippen molar-refractivity contribution in [2.24, 2.45) is 4.99 Å². The Bertz CT molecular complexity index is 1890. The highest BCUT2D eigenvalue weighted by Gasteiger charge is 2.26. The summed E-state index contributed by atoms with van der Waals surface area (Å²) in [5, 5.41) is 22.9. The number of carboxylic acid groups (broad SMARTS) is 2. The van der Waals surface area contributed by atoms with Crippen LogP contribution in [0.15, 0.2) is 39.6 Å². The highest BCUT2D eigenvalue weighted by molar-refractivity contribution is 6.30. The molecule has 0 bridgehead atoms. The first-order valence-electron chi connectivity index (χ1n) is 14.2. The van der Waals surface area contributed by atoms with Crippen molar-refractivity contribution in [2.45, 2.75) is 66.3 Å². The van der Waals surface area contributed by atoms with Crippen LogP contribution in [0.2, 0.25) is 0 Å². The van der Waals surface area contributed by atoms with Crippen molar-refractivity contribution < 1.29 is 29.4 Å². The Morgan fingerprint density at radius 3 is 2.33 bits per heavy atom. The zero-order chi connectivity index (χ0) is 31.2. The van der Waals surface area contributed by atoms with E-state index in [0.717, 1.165) is 56.3 Å². The second-order valence-electron chi connectivity index (χ2n) is 11.1. The number of amides is 2. The number of nitrogens with one attached hydrogen (secondary N) is 2. The molecular formula is C33H34N4O6. The summed E-state index contributed by atoms with van der Waals surface area (Å²) in [5.74, 6) is -2.55. The SMILES string of the molecule is C=Cc1c(C)c2n(c1=CC1=NC(=O)C(CCC(=O)O)=C1C)CCc1c([nH]c(C=C3NC(=O)C(CCC(=O)O)=C3C)c1C)C=2. The summed E-state index contributed by atoms with van der Waals surface area (Å²) in [4.78, 5) is 55.0. The van der Waals surface area contributed by atoms with Crippen LogP contribution in [0.1, 0.15) is 73.2 Å². The van der Waals surface area contributed by atoms with Crippen molar-refractivity contribution in [2.75, 3.05) is 0 Å². The molecule has 0 aliphatic carbocycles. The molecule has 0 radical (unpaired) electrons. The molecule has 222 valence electrons. The van der Waals surface area contributed by atoms with Crippen LogP contribution in [-0.4, -0.2) is 49.2 Å². The monoisotopic (exact) mass is 582 g/mol. The number of carboxylic acids is 2. The lowest BCUT2D eigenvalue weighted by atomic mass is 10.0. The first kappa shape index (κ1) is 29.5. The predicted molar refractivity (Wildman–Crippen MR) is 163 cm³/mol. The summed E-state index contributed by atoms with van der Waals surface area (Å²) in [6, 6.07) is 0. The molecule has 5 rings (SSSR count). The van der Waals surface area contributed by atoms with E-state index in [2.05, 4.69) is 32.5 Å². The minimum Gasteiger partial charge on any atom is -0.481 e. The van der Waals surface area contributed by atoms with Gasteiger partial charge in [-0.05, 0) is 93.0 Å². The summed E-state index contributed by atoms with van der Waals surface area (Å²) in [7, 11) is 0. The summed E-state index contributed by atoms with van der Waals surface area (Å²) in [6.45, 7) is 12.4. The fraction of sp³-hybridized carbons (Fsp3) is 0.303. The Labute approximate surface area is 248 Å². The van der Waals surface area contributed by atoms with E-state index in [9.17, 15) is 19.2 Å². The van der Waals surface area contributed by atoms with E-state index >= 15 is 0 Å². The van der Waals surface area contributed by atoms with Gasteiger partial charge in [0.2, 0.25) is 0 Å². The lowest BCUT2D eigenvalue weighted by molar-refractivity contribution is -0.138. The van der Waals surface area contributed by atoms with E-state index in [1.807, 2.05) is 32.9 Å². The highest BCUT2D eigenvalue weighted by Crippen LogP contribution is 2.29. The molecule has 3 aliphatic heterocycles. The van der Waals surface area contributed by atoms with Gasteiger partial charge in [-0.3, -0.25) is 19.2 Å². The third kappa shape index (κ3) is 5.36. The van der Waals surface area contributed by atoms with Gasteiger partial charge in [0.1, 0.15) is 0 Å². The van der Waals surface area contributed by atoms with E-state index < -0.39 is 11.9 Å². The van der Waals surface area contributed by atoms with Gasteiger partial charge >= 0.3 is 11.9 Å². The van der Waals surface area contributed by atoms with Gasteiger partial charge in [-0.1, -0.05) is 12.7 Å². The Morgan fingerprint density at radius 2 is 1.67 bits per heavy atom. The minimum atomic E-state index is -0.958. The van der Waals surface area contributed by atoms with E-state index in [-0.39, 0.29) is 37.5 Å². The van der Waals surface area contributed by atoms with Crippen LogP contribution in [-0.2, 0) is 32.1 Å². The first-order chi connectivity index (χ1) is 20.4. The number of aliphatic carboxylic acids is 2. The maximum atomic E-state index is 12.6. The number of carbonyl (C=O) groups excluding carboxylic acids is 2. The molecule has 43 heavy (non-hydrogen) atoms. The van der Waals surface area contributed by atoms with Crippen LogP contribution in [0.25, 0.3) is 24.3 Å². The van der Waals surface area contributed by atoms with Crippen molar-refractivity contribution in [1.82, 2.24) is 14.9 Å². The van der Waals surface area contributed by atoms with Gasteiger partial charge in [-0.25, -0.2) is 4.99 Å². The molecule has 3 aliphatic rings. The molecule has 5 heterocycles. The molecule has 0 spiro atoms. The summed E-state index contributed by atoms with van der Waals surface area (Å²) < 4.78 is 2.20. The number of hydrogen-bond acceptors (Lipinski definition) is 4. The minimum absolute atomic E-state index is 0.103. The predicted octanol–water partition coefficient (Wildman–Crippen LogP) is 3.06. The lowest BCUT2D eigenvalue weighted by Gasteiger charge is -2.06. The smallest absolute Gasteiger partial charge is 0.303 e. The molecule has 0 aromatic carbocycles. The van der Waals surface area contributed by atoms with Gasteiger partial charge < -0.3 is 25.1 Å². The van der Waals surface area contributed by atoms with E-state index in [4.69, 9.17) is 10.2 Å². The summed E-state index contributed by atoms with van der Waals surface area (Å²) in [5.41, 5.74) is 9.58. The third-order valence-corrected chi connectivity index (χ3v) is 8.60. The average molecular weight is 583 g/mol. The Balaban J connectivity index is 1.56. The molecule has 0 unspecified atom stereocenters. The normalized spacial score (nSPS) is 17.6. The number of nitrogens with zero attached hydrogens (tertiary/aromatic N) is 2. The number of rotatable bonds is 9. The molecular weight excluding hydrogens is 548 g/mol. The Kier molecular flexibility index (Phi) is 7.79. The largest absolute Gasteiger partial charge is 0.481 e. The fourth-order valence-corrected chi connectivity index (χ4v) is 6.10. The van der Waals surface area contributed by atoms with Crippen molar-refractivity contribution in [1.29, 1.82) is 0 Å². The molecule has 0 saturated carbocycles. The van der Waals surface area contributed by atoms with Crippen molar-refractivity contribution in [3.05, 3.63) is 78.9 Å². The van der Waals surface area contributed by atoms with Gasteiger partial charge in [0.05, 0.1) is 11.1 Å². The third-order valence-electron chi connectivity index (χ3n) is 8.60. The van der Waals surface area contributed by atoms with Gasteiger partial charge in [-0.15, -0.1) is 0 Å². The van der Waals surface area contributed by atoms with Gasteiger partial charge in [0.25, 0.3) is 11.8 Å². The molecule has 10 heteroatoms. The van der Waals surface area contributed by atoms with Crippen molar-refractivity contribution in [3.63, 3.8) is 0 Å². The quantitative estimate of drug-likeness (QED) is 0.356. The number of fused-ring (bicyclic) bond motifs is 2. The van der Waals surface area contributed by atoms with Gasteiger partial charge in [0.15, 0.2) is 0 Å². The zero-order valence-corrected chi connectivity index (χ0v) is 24.7. The molecule has 2 aromatic rings. The molecule has 2 aromatic heterocycles. The molecule has 4 N–H and O–H groups in total. The summed E-state index contributed by atoms with van der Waals surface area (Å²) >= 11 is 0. The number of aromatic nitrogens is 2. The zero-order valence-electron chi connectivity index (χ0n) is 24.7. The standard InChI is InChI=1S/C33H34N4O6/c1-6-20-19(5)28-15-27-21(16(2)24(34-27)13-25-17(3)22(32(42)35-25)7-9-30(38)39)11-12-37(28)29(20)14-26-18(4)23(33(43)36-26)8-10-31(40)41/h6,13-15,34H,1,7-12H2,2-5H3,(H,35,42)(H,38,39)(H,40,41). The topological polar surface area (TPSA) is 154 Å². The van der Waals surface area contributed by atoms with Crippen LogP contribution in [0.5, 0.6) is 0 Å². The number of allylic oxidation sites excluding steroid dienone is 2. The van der Waals surface area contributed by atoms with Crippen LogP contribution >= 0.6 is 0 Å². The number of hydrogen-bond donors (Lipinski definition) is 4. The summed E-state index contributed by atoms with van der Waals surface area (Å²) in [6.07, 6.45) is 8.53. The lowest BCUT2D eigenvalue weighted by Crippen LogP contribution is -2.29. The van der Waals surface area contributed by atoms with Crippen LogP contribution in [0, 0.1) is 13.8 Å². The molecule has 0 saturated heterocycles. The van der Waals surface area contributed by atoms with Crippen molar-refractivity contribution >= 4 is 53.8 Å². The first-order valence-corrected chi connectivity index (χ1v) is 14.2. The highest BCUT2D eigenvalue weighted by atomic mass is 16.4. The number of carbonyl (C=O) groups is 4. The Hall–Kier alpha value is -4.99. The van der Waals surface area contributed by atoms with Crippen LogP contribution < -0.4 is 16.0 Å². The number of aliphatic imine (C=N–C) groups is 1. The molecule has 0 atom stereocenters. The van der Waals surface area contributed by atoms with E-state index in [1.54, 1.807) is 13.0 Å². The number of aromatic amines is 1. The van der Waals surface area contributed by atoms with Gasteiger partial charge in [-0.2, -0.15) is 0 Å². The molecule has 10 nitrogen and oxygen atoms in total. The fourth-order valence-electron chi connectivity index (χ4n) is 6.10. The second kappa shape index (κ2) is 11.4. The van der Waals surface area contributed by atoms with E-state index in [0.29, 0.717) is 34.7 Å². The second-order valence-corrected chi connectivity index (χ2v) is 11.1. The number of H-pyrrole nitrogens is 1. The Morgan fingerprint density at radius 1 is 1.00 bits per heavy atom. The van der Waals surface area contributed by atoms with Crippen LogP contribution in [0.4, 0.5) is 0 Å². The van der Waals surface area contributed by atoms with Crippen molar-refractivity contribution in [3.8, 4) is 0 Å². The van der Waals surface area contributed by atoms with E-state index in [1.165, 1.54) is 0 Å². The molecule has 2 amide bonds. The van der Waals surface area contributed by atoms with Crippen LogP contribution in [0.3, 0.4) is 0 Å².